The molecular weight excluding hydrogens is 745 g/mol. The molecule has 1 spiro atoms. The summed E-state index contributed by atoms with van der Waals surface area (Å²) in [6, 6.07) is 0. The van der Waals surface area contributed by atoms with Crippen LogP contribution in [0.15, 0.2) is 24.3 Å². The molecule has 8 fully saturated rings. The van der Waals surface area contributed by atoms with Gasteiger partial charge in [0, 0.05) is 25.2 Å². The quantitative estimate of drug-likeness (QED) is 0.0688. The average molecular weight is 801 g/mol. The summed E-state index contributed by atoms with van der Waals surface area (Å²) in [5.74, 6) is 0.817. The van der Waals surface area contributed by atoms with Crippen molar-refractivity contribution in [1.82, 2.24) is 0 Å². The van der Waals surface area contributed by atoms with Crippen LogP contribution in [0.25, 0.3) is 0 Å². The monoisotopic (exact) mass is 800 g/mol. The van der Waals surface area contributed by atoms with Gasteiger partial charge >= 0.3 is 11.9 Å². The van der Waals surface area contributed by atoms with Gasteiger partial charge in [0.05, 0.1) is 21.0 Å². The SMILES string of the molecule is C/C=C/CCCCCC1C2C[C@H](C3(CC/C=C/C)SCCCS3)OC34OC(=O)[C@]5(CC6SCCCS6)CC(OC(C)=O)(CC23)C1C45OS(C)(=O)=O. The number of ether oxygens (including phenoxy) is 3. The van der Waals surface area contributed by atoms with Crippen molar-refractivity contribution in [3.8, 4) is 0 Å². The van der Waals surface area contributed by atoms with Crippen LogP contribution in [0.2, 0.25) is 0 Å². The molecule has 0 radical (unpaired) electrons. The van der Waals surface area contributed by atoms with Gasteiger partial charge in [-0.05, 0) is 113 Å². The fourth-order valence-corrected chi connectivity index (χ4v) is 19.0. The third-order valence-corrected chi connectivity index (χ3v) is 20.0. The van der Waals surface area contributed by atoms with Crippen LogP contribution < -0.4 is 0 Å². The van der Waals surface area contributed by atoms with E-state index in [1.807, 2.05) is 54.0 Å². The van der Waals surface area contributed by atoms with Crippen molar-refractivity contribution in [2.75, 3.05) is 29.3 Å². The molecule has 51 heavy (non-hydrogen) atoms. The molecule has 0 N–H and O–H groups in total. The van der Waals surface area contributed by atoms with E-state index in [0.29, 0.717) is 12.8 Å². The predicted molar refractivity (Wildman–Crippen MR) is 209 cm³/mol. The molecule has 0 aromatic carbocycles. The average Bonchev–Trinajstić information content (AvgIpc) is 3.38. The number of allylic oxidation sites excluding steroid dienone is 4. The van der Waals surface area contributed by atoms with Gasteiger partial charge in [-0.15, -0.1) is 47.0 Å². The molecular formula is C38H56O8S5. The molecule has 6 bridgehead atoms. The number of unbranched alkanes of at least 4 members (excludes halogenated alkanes) is 3. The van der Waals surface area contributed by atoms with Crippen LogP contribution in [-0.2, 0) is 38.1 Å². The minimum absolute atomic E-state index is 0.0136. The molecule has 8 aliphatic rings. The molecule has 9 atom stereocenters. The smallest absolute Gasteiger partial charge is 0.318 e. The lowest BCUT2D eigenvalue weighted by Crippen LogP contribution is -2.81. The first-order valence-corrected chi connectivity index (χ1v) is 25.0. The second-order valence-corrected chi connectivity index (χ2v) is 23.5. The summed E-state index contributed by atoms with van der Waals surface area (Å²) in [6.07, 6.45) is 20.4. The van der Waals surface area contributed by atoms with E-state index in [2.05, 4.69) is 31.2 Å². The fourth-order valence-electron chi connectivity index (χ4n) is 11.5. The van der Waals surface area contributed by atoms with Gasteiger partial charge in [-0.25, -0.2) is 0 Å². The molecule has 4 aliphatic heterocycles. The van der Waals surface area contributed by atoms with Gasteiger partial charge in [-0.3, -0.25) is 13.8 Å². The predicted octanol–water partition coefficient (Wildman–Crippen LogP) is 8.35. The van der Waals surface area contributed by atoms with Gasteiger partial charge in [0.25, 0.3) is 10.1 Å². The second kappa shape index (κ2) is 15.0. The Labute approximate surface area is 322 Å². The summed E-state index contributed by atoms with van der Waals surface area (Å²) in [7, 11) is -4.14. The van der Waals surface area contributed by atoms with Gasteiger partial charge in [-0.2, -0.15) is 8.42 Å². The highest BCUT2D eigenvalue weighted by Crippen LogP contribution is 2.83. The third kappa shape index (κ3) is 6.42. The molecule has 4 saturated carbocycles. The Hall–Kier alpha value is -0.310. The van der Waals surface area contributed by atoms with Crippen LogP contribution in [0, 0.1) is 29.1 Å². The summed E-state index contributed by atoms with van der Waals surface area (Å²) in [6.45, 7) is 5.54. The van der Waals surface area contributed by atoms with Gasteiger partial charge in [0.2, 0.25) is 5.79 Å². The molecule has 13 heteroatoms. The van der Waals surface area contributed by atoms with Crippen molar-refractivity contribution < 1.29 is 36.4 Å². The van der Waals surface area contributed by atoms with E-state index in [0.717, 1.165) is 93.5 Å². The van der Waals surface area contributed by atoms with Crippen molar-refractivity contribution in [2.24, 2.45) is 29.1 Å². The molecule has 0 amide bonds. The number of hydrogen-bond acceptors (Lipinski definition) is 12. The van der Waals surface area contributed by atoms with E-state index < -0.39 is 50.4 Å². The van der Waals surface area contributed by atoms with Crippen LogP contribution in [-0.4, -0.2) is 81.4 Å². The number of thioether (sulfide) groups is 4. The summed E-state index contributed by atoms with van der Waals surface area (Å²) >= 11 is 7.60. The van der Waals surface area contributed by atoms with Crippen LogP contribution in [0.3, 0.4) is 0 Å². The van der Waals surface area contributed by atoms with Crippen molar-refractivity contribution in [2.45, 2.75) is 136 Å². The Kier molecular flexibility index (Phi) is 11.4. The Morgan fingerprint density at radius 1 is 1.00 bits per heavy atom. The second-order valence-electron chi connectivity index (χ2n) is 15.9. The molecule has 7 unspecified atom stereocenters. The number of rotatable bonds is 15. The summed E-state index contributed by atoms with van der Waals surface area (Å²) < 4.78 is 55.0. The van der Waals surface area contributed by atoms with Crippen LogP contribution >= 0.6 is 47.0 Å². The van der Waals surface area contributed by atoms with E-state index in [1.54, 1.807) is 0 Å². The van der Waals surface area contributed by atoms with Crippen LogP contribution in [0.5, 0.6) is 0 Å². The first-order valence-electron chi connectivity index (χ1n) is 19.2. The summed E-state index contributed by atoms with van der Waals surface area (Å²) in [4.78, 5) is 28.2. The molecule has 4 saturated heterocycles. The number of hydrogen-bond donors (Lipinski definition) is 0. The zero-order valence-corrected chi connectivity index (χ0v) is 34.7. The first-order chi connectivity index (χ1) is 24.4. The Morgan fingerprint density at radius 3 is 2.39 bits per heavy atom. The van der Waals surface area contributed by atoms with Crippen molar-refractivity contribution in [1.29, 1.82) is 0 Å². The third-order valence-electron chi connectivity index (χ3n) is 12.9. The van der Waals surface area contributed by atoms with Crippen LogP contribution in [0.4, 0.5) is 0 Å². The number of carbonyl (C=O) groups is 2. The van der Waals surface area contributed by atoms with Gasteiger partial charge in [-0.1, -0.05) is 37.1 Å². The molecule has 0 aromatic rings. The Bertz CT molecular complexity index is 1490. The van der Waals surface area contributed by atoms with E-state index in [9.17, 15) is 13.2 Å². The highest BCUT2D eigenvalue weighted by Gasteiger charge is 2.97. The summed E-state index contributed by atoms with van der Waals surface area (Å²) in [5, 5.41) is 0. The molecule has 8 nitrogen and oxygen atoms in total. The maximum absolute atomic E-state index is 15.1. The van der Waals surface area contributed by atoms with E-state index in [4.69, 9.17) is 18.4 Å². The molecule has 0 aromatic heterocycles. The Balaban J connectivity index is 1.40. The molecule has 4 heterocycles. The minimum atomic E-state index is -4.14. The largest absolute Gasteiger partial charge is 0.459 e. The lowest BCUT2D eigenvalue weighted by molar-refractivity contribution is -0.413. The lowest BCUT2D eigenvalue weighted by Gasteiger charge is -2.69. The normalized spacial score (nSPS) is 41.4. The Morgan fingerprint density at radius 2 is 1.71 bits per heavy atom. The van der Waals surface area contributed by atoms with Crippen LogP contribution in [0.1, 0.15) is 104 Å². The molecule has 8 rings (SSSR count). The lowest BCUT2D eigenvalue weighted by atomic mass is 9.44. The number of esters is 2. The van der Waals surface area contributed by atoms with Crippen molar-refractivity contribution >= 4 is 69.1 Å². The minimum Gasteiger partial charge on any atom is -0.459 e. The maximum atomic E-state index is 15.1. The molecule has 4 aliphatic carbocycles. The zero-order chi connectivity index (χ0) is 36.1. The zero-order valence-electron chi connectivity index (χ0n) is 30.6. The first kappa shape index (κ1) is 38.9. The van der Waals surface area contributed by atoms with E-state index in [1.165, 1.54) is 6.92 Å². The molecule has 286 valence electrons. The summed E-state index contributed by atoms with van der Waals surface area (Å²) in [5.41, 5.74) is -4.01. The highest BCUT2D eigenvalue weighted by molar-refractivity contribution is 8.19. The van der Waals surface area contributed by atoms with Gasteiger partial charge in [0.15, 0.2) is 5.60 Å². The standard InChI is InChI=1S/C38H56O8S5/c1-5-7-9-10-11-12-16-27-28-22-30(36(17-13-8-6-2)49-20-15-21-50-36)44-38-29(28)23-35(43-26(3)39)25-34(33(40)45-38,24-31-47-18-14-19-48-31)37(38,32(27)35)46-51(4,41)42/h5-8,27-32H,9-25H2,1-4H3/b7-5+,8-6+/t27?,28?,29?,30-,32?,34+,35?,37?,38?/m1/s1. The fraction of sp³-hybridized carbons (Fsp3) is 0.842. The van der Waals surface area contributed by atoms with Crippen molar-refractivity contribution in [3.63, 3.8) is 0 Å². The van der Waals surface area contributed by atoms with E-state index in [-0.39, 0.29) is 38.9 Å². The number of carbonyl (C=O) groups excluding carboxylic acids is 2. The van der Waals surface area contributed by atoms with Crippen molar-refractivity contribution in [3.05, 3.63) is 24.3 Å². The van der Waals surface area contributed by atoms with Gasteiger partial charge in [0.1, 0.15) is 11.0 Å². The van der Waals surface area contributed by atoms with E-state index >= 15 is 4.79 Å². The maximum Gasteiger partial charge on any atom is 0.318 e. The highest BCUT2D eigenvalue weighted by atomic mass is 32.2. The van der Waals surface area contributed by atoms with Gasteiger partial charge < -0.3 is 14.2 Å². The topological polar surface area (TPSA) is 105 Å².